The molecule has 3 aromatic rings. The summed E-state index contributed by atoms with van der Waals surface area (Å²) in [7, 11) is -2.26. The molecule has 0 saturated carbocycles. The van der Waals surface area contributed by atoms with Crippen molar-refractivity contribution in [2.75, 3.05) is 30.8 Å². The number of ether oxygens (including phenoxy) is 1. The van der Waals surface area contributed by atoms with Gasteiger partial charge in [-0.25, -0.2) is 28.1 Å². The highest BCUT2D eigenvalue weighted by molar-refractivity contribution is 7.89. The molecule has 1 aromatic carbocycles. The predicted molar refractivity (Wildman–Crippen MR) is 116 cm³/mol. The van der Waals surface area contributed by atoms with E-state index in [9.17, 15) is 8.42 Å². The third-order valence-electron chi connectivity index (χ3n) is 4.09. The first-order chi connectivity index (χ1) is 14.4. The van der Waals surface area contributed by atoms with E-state index in [4.69, 9.17) is 4.74 Å². The Bertz CT molecular complexity index is 1110. The first kappa shape index (κ1) is 21.5. The standard InChI is InChI=1S/C20H24N6O3S/c1-14-7-8-16(29-3)17(12-14)30(27,28)23-11-10-22-19-13-20(25-15(2)24-19)26-18-6-4-5-9-21-18/h4-9,12-13,23H,10-11H2,1-3H3,(H2,21,22,24,25,26). The van der Waals surface area contributed by atoms with Gasteiger partial charge in [0.15, 0.2) is 0 Å². The van der Waals surface area contributed by atoms with Crippen molar-refractivity contribution in [2.45, 2.75) is 18.7 Å². The van der Waals surface area contributed by atoms with E-state index in [1.165, 1.54) is 7.11 Å². The summed E-state index contributed by atoms with van der Waals surface area (Å²) in [6.45, 7) is 4.12. The summed E-state index contributed by atoms with van der Waals surface area (Å²) in [4.78, 5) is 13.0. The van der Waals surface area contributed by atoms with Gasteiger partial charge in [0, 0.05) is 25.4 Å². The van der Waals surface area contributed by atoms with Crippen molar-refractivity contribution in [3.8, 4) is 5.75 Å². The van der Waals surface area contributed by atoms with Gasteiger partial charge in [0.05, 0.1) is 7.11 Å². The van der Waals surface area contributed by atoms with Crippen LogP contribution in [0.25, 0.3) is 0 Å². The van der Waals surface area contributed by atoms with E-state index in [1.807, 2.05) is 25.1 Å². The summed E-state index contributed by atoms with van der Waals surface area (Å²) < 4.78 is 33.0. The number of anilines is 3. The number of nitrogens with zero attached hydrogens (tertiary/aromatic N) is 3. The van der Waals surface area contributed by atoms with Crippen LogP contribution in [0.1, 0.15) is 11.4 Å². The van der Waals surface area contributed by atoms with Gasteiger partial charge in [0.25, 0.3) is 0 Å². The molecule has 0 amide bonds. The smallest absolute Gasteiger partial charge is 0.244 e. The molecule has 0 bridgehead atoms. The van der Waals surface area contributed by atoms with Crippen molar-refractivity contribution in [3.05, 3.63) is 60.0 Å². The molecule has 0 atom stereocenters. The van der Waals surface area contributed by atoms with Crippen molar-refractivity contribution < 1.29 is 13.2 Å². The first-order valence-electron chi connectivity index (χ1n) is 9.29. The zero-order valence-corrected chi connectivity index (χ0v) is 17.8. The third-order valence-corrected chi connectivity index (χ3v) is 5.57. The summed E-state index contributed by atoms with van der Waals surface area (Å²) in [5.41, 5.74) is 0.832. The molecule has 2 aromatic heterocycles. The zero-order valence-electron chi connectivity index (χ0n) is 17.0. The summed E-state index contributed by atoms with van der Waals surface area (Å²) in [6.07, 6.45) is 1.69. The van der Waals surface area contributed by atoms with Crippen LogP contribution in [-0.2, 0) is 10.0 Å². The average molecular weight is 429 g/mol. The van der Waals surface area contributed by atoms with E-state index in [2.05, 4.69) is 30.3 Å². The molecule has 0 fully saturated rings. The molecule has 0 aliphatic rings. The van der Waals surface area contributed by atoms with Crippen LogP contribution in [0.5, 0.6) is 5.75 Å². The maximum absolute atomic E-state index is 12.6. The number of aromatic nitrogens is 3. The molecule has 0 aliphatic heterocycles. The zero-order chi connectivity index (χ0) is 21.6. The SMILES string of the molecule is COc1ccc(C)cc1S(=O)(=O)NCCNc1cc(Nc2ccccn2)nc(C)n1. The highest BCUT2D eigenvalue weighted by Gasteiger charge is 2.19. The Hall–Kier alpha value is -3.24. The van der Waals surface area contributed by atoms with Crippen LogP contribution in [0.2, 0.25) is 0 Å². The Balaban J connectivity index is 1.61. The normalized spacial score (nSPS) is 11.2. The van der Waals surface area contributed by atoms with Crippen molar-refractivity contribution in [1.29, 1.82) is 0 Å². The molecule has 2 heterocycles. The lowest BCUT2D eigenvalue weighted by atomic mass is 10.2. The number of hydrogen-bond donors (Lipinski definition) is 3. The fraction of sp³-hybridized carbons (Fsp3) is 0.250. The number of sulfonamides is 1. The maximum atomic E-state index is 12.6. The Labute approximate surface area is 176 Å². The number of rotatable bonds is 9. The highest BCUT2D eigenvalue weighted by Crippen LogP contribution is 2.24. The predicted octanol–water partition coefficient (Wildman–Crippen LogP) is 2.63. The number of methoxy groups -OCH3 is 1. The van der Waals surface area contributed by atoms with Crippen LogP contribution < -0.4 is 20.1 Å². The van der Waals surface area contributed by atoms with Crippen LogP contribution in [0.15, 0.2) is 53.6 Å². The molecule has 0 spiro atoms. The molecule has 0 saturated heterocycles. The van der Waals surface area contributed by atoms with Gasteiger partial charge >= 0.3 is 0 Å². The van der Waals surface area contributed by atoms with Crippen molar-refractivity contribution in [2.24, 2.45) is 0 Å². The van der Waals surface area contributed by atoms with E-state index in [-0.39, 0.29) is 11.4 Å². The van der Waals surface area contributed by atoms with E-state index in [1.54, 1.807) is 37.4 Å². The molecule has 3 rings (SSSR count). The van der Waals surface area contributed by atoms with Crippen LogP contribution >= 0.6 is 0 Å². The number of pyridine rings is 1. The largest absolute Gasteiger partial charge is 0.495 e. The molecular weight excluding hydrogens is 404 g/mol. The van der Waals surface area contributed by atoms with Crippen LogP contribution in [-0.4, -0.2) is 43.6 Å². The second kappa shape index (κ2) is 9.51. The average Bonchev–Trinajstić information content (AvgIpc) is 2.71. The van der Waals surface area contributed by atoms with Crippen LogP contribution in [0, 0.1) is 13.8 Å². The van der Waals surface area contributed by atoms with Gasteiger partial charge in [0.2, 0.25) is 10.0 Å². The molecule has 9 nitrogen and oxygen atoms in total. The number of benzene rings is 1. The van der Waals surface area contributed by atoms with Gasteiger partial charge in [-0.3, -0.25) is 0 Å². The fourth-order valence-electron chi connectivity index (χ4n) is 2.74. The quantitative estimate of drug-likeness (QED) is 0.445. The molecule has 0 radical (unpaired) electrons. The van der Waals surface area contributed by atoms with Gasteiger partial charge in [-0.05, 0) is 43.7 Å². The lowest BCUT2D eigenvalue weighted by Gasteiger charge is -2.13. The number of nitrogens with one attached hydrogen (secondary N) is 3. The Morgan fingerprint density at radius 1 is 0.967 bits per heavy atom. The summed E-state index contributed by atoms with van der Waals surface area (Å²) >= 11 is 0. The minimum Gasteiger partial charge on any atom is -0.495 e. The number of hydrogen-bond acceptors (Lipinski definition) is 8. The van der Waals surface area contributed by atoms with Crippen LogP contribution in [0.4, 0.5) is 17.5 Å². The lowest BCUT2D eigenvalue weighted by Crippen LogP contribution is -2.29. The van der Waals surface area contributed by atoms with Crippen molar-refractivity contribution in [3.63, 3.8) is 0 Å². The molecule has 3 N–H and O–H groups in total. The van der Waals surface area contributed by atoms with Crippen molar-refractivity contribution in [1.82, 2.24) is 19.7 Å². The van der Waals surface area contributed by atoms with Gasteiger partial charge in [-0.1, -0.05) is 12.1 Å². The van der Waals surface area contributed by atoms with E-state index in [0.717, 1.165) is 5.56 Å². The second-order valence-corrected chi connectivity index (χ2v) is 8.24. The van der Waals surface area contributed by atoms with Gasteiger partial charge in [0.1, 0.15) is 33.9 Å². The summed E-state index contributed by atoms with van der Waals surface area (Å²) in [5, 5.41) is 6.22. The third kappa shape index (κ3) is 5.65. The van der Waals surface area contributed by atoms with Crippen molar-refractivity contribution >= 4 is 27.5 Å². The molecule has 0 aliphatic carbocycles. The maximum Gasteiger partial charge on any atom is 0.244 e. The summed E-state index contributed by atoms with van der Waals surface area (Å²) in [6, 6.07) is 12.3. The monoisotopic (exact) mass is 428 g/mol. The van der Waals surface area contributed by atoms with Gasteiger partial charge < -0.3 is 15.4 Å². The number of aryl methyl sites for hydroxylation is 2. The van der Waals surface area contributed by atoms with Crippen LogP contribution in [0.3, 0.4) is 0 Å². The molecule has 0 unspecified atom stereocenters. The van der Waals surface area contributed by atoms with E-state index >= 15 is 0 Å². The highest BCUT2D eigenvalue weighted by atomic mass is 32.2. The topological polar surface area (TPSA) is 118 Å². The molecule has 10 heteroatoms. The fourth-order valence-corrected chi connectivity index (χ4v) is 4.02. The Kier molecular flexibility index (Phi) is 6.80. The minimum atomic E-state index is -3.71. The second-order valence-electron chi connectivity index (χ2n) is 6.50. The van der Waals surface area contributed by atoms with E-state index < -0.39 is 10.0 Å². The summed E-state index contributed by atoms with van der Waals surface area (Å²) in [5.74, 6) is 2.71. The first-order valence-corrected chi connectivity index (χ1v) is 10.8. The Morgan fingerprint density at radius 2 is 1.77 bits per heavy atom. The van der Waals surface area contributed by atoms with E-state index in [0.29, 0.717) is 35.6 Å². The minimum absolute atomic E-state index is 0.115. The molecule has 158 valence electrons. The Morgan fingerprint density at radius 3 is 2.50 bits per heavy atom. The molecule has 30 heavy (non-hydrogen) atoms. The molecular formula is C20H24N6O3S. The lowest BCUT2D eigenvalue weighted by molar-refractivity contribution is 0.402. The van der Waals surface area contributed by atoms with Gasteiger partial charge in [-0.2, -0.15) is 0 Å². The van der Waals surface area contributed by atoms with Gasteiger partial charge in [-0.15, -0.1) is 0 Å².